The minimum atomic E-state index is -0.450. The molecule has 0 aliphatic rings. The first-order chi connectivity index (χ1) is 12.2. The summed E-state index contributed by atoms with van der Waals surface area (Å²) in [5.41, 5.74) is 0.800. The highest BCUT2D eigenvalue weighted by Crippen LogP contribution is 2.28. The summed E-state index contributed by atoms with van der Waals surface area (Å²) in [7, 11) is 0. The molecule has 0 unspecified atom stereocenters. The number of azo groups is 1. The van der Waals surface area contributed by atoms with Crippen LogP contribution < -0.4 is 5.56 Å². The lowest BCUT2D eigenvalue weighted by Gasteiger charge is -2.02. The molecule has 0 radical (unpaired) electrons. The molecule has 1 N–H and O–H groups in total. The van der Waals surface area contributed by atoms with Gasteiger partial charge in [0.25, 0.3) is 5.56 Å². The third-order valence-corrected chi connectivity index (χ3v) is 3.52. The van der Waals surface area contributed by atoms with Crippen LogP contribution in [0.2, 0.25) is 0 Å². The Labute approximate surface area is 143 Å². The molecular weight excluding hydrogens is 319 g/mol. The molecule has 0 aliphatic heterocycles. The highest BCUT2D eigenvalue weighted by molar-refractivity contribution is 5.72. The highest BCUT2D eigenvalue weighted by Gasteiger charge is 2.19. The van der Waals surface area contributed by atoms with E-state index in [-0.39, 0.29) is 23.5 Å². The van der Waals surface area contributed by atoms with Gasteiger partial charge in [0.1, 0.15) is 12.4 Å². The Hall–Kier alpha value is -3.46. The fraction of sp³-hybridized carbons (Fsp3) is 0.105. The maximum Gasteiger partial charge on any atom is 0.299 e. The van der Waals surface area contributed by atoms with Crippen LogP contribution in [-0.4, -0.2) is 16.3 Å². The Morgan fingerprint density at radius 2 is 1.84 bits per heavy atom. The van der Waals surface area contributed by atoms with Crippen molar-refractivity contribution >= 4 is 5.69 Å². The molecule has 1 aromatic heterocycles. The fourth-order valence-corrected chi connectivity index (χ4v) is 2.35. The Kier molecular flexibility index (Phi) is 4.86. The summed E-state index contributed by atoms with van der Waals surface area (Å²) in [6.45, 7) is 1.86. The molecule has 6 heteroatoms. The minimum Gasteiger partial charge on any atom is -0.288 e. The van der Waals surface area contributed by atoms with Crippen LogP contribution in [0.25, 0.3) is 16.9 Å². The van der Waals surface area contributed by atoms with Crippen molar-refractivity contribution in [1.29, 1.82) is 0 Å². The van der Waals surface area contributed by atoms with Gasteiger partial charge in [-0.1, -0.05) is 36.3 Å². The topological polar surface area (TPSA) is 62.5 Å². The molecule has 0 bridgehead atoms. The zero-order valence-electron chi connectivity index (χ0n) is 13.5. The van der Waals surface area contributed by atoms with E-state index in [2.05, 4.69) is 27.2 Å². The second-order valence-corrected chi connectivity index (χ2v) is 5.12. The highest BCUT2D eigenvalue weighted by atomic mass is 19.1. The van der Waals surface area contributed by atoms with Crippen LogP contribution in [0.4, 0.5) is 10.1 Å². The molecule has 3 rings (SSSR count). The number of aromatic amines is 1. The van der Waals surface area contributed by atoms with Gasteiger partial charge < -0.3 is 0 Å². The minimum absolute atomic E-state index is 0.0480. The maximum atomic E-state index is 14.2. The van der Waals surface area contributed by atoms with Crippen LogP contribution in [-0.2, 0) is 0 Å². The van der Waals surface area contributed by atoms with Crippen LogP contribution >= 0.6 is 0 Å². The van der Waals surface area contributed by atoms with Gasteiger partial charge in [-0.25, -0.2) is 9.07 Å². The Balaban J connectivity index is 2.18. The van der Waals surface area contributed by atoms with E-state index in [9.17, 15) is 9.18 Å². The van der Waals surface area contributed by atoms with E-state index in [0.29, 0.717) is 5.69 Å². The van der Waals surface area contributed by atoms with Gasteiger partial charge in [0.15, 0.2) is 5.69 Å². The van der Waals surface area contributed by atoms with Crippen LogP contribution in [0.15, 0.2) is 69.6 Å². The van der Waals surface area contributed by atoms with E-state index in [0.717, 1.165) is 0 Å². The van der Waals surface area contributed by atoms with Gasteiger partial charge in [0.2, 0.25) is 0 Å². The van der Waals surface area contributed by atoms with Gasteiger partial charge in [0.05, 0.1) is 11.4 Å². The van der Waals surface area contributed by atoms with E-state index < -0.39 is 11.4 Å². The SMILES string of the molecule is CC#CCN=Nc1c(-c2ccccc2F)[nH]n(-c2ccccc2)c1=O. The van der Waals surface area contributed by atoms with Gasteiger partial charge in [-0.15, -0.1) is 11.0 Å². The van der Waals surface area contributed by atoms with Crippen LogP contribution in [0.3, 0.4) is 0 Å². The van der Waals surface area contributed by atoms with Gasteiger partial charge in [0, 0.05) is 5.56 Å². The number of para-hydroxylation sites is 1. The molecule has 124 valence electrons. The maximum absolute atomic E-state index is 14.2. The third kappa shape index (κ3) is 3.40. The number of hydrogen-bond donors (Lipinski definition) is 1. The first-order valence-electron chi connectivity index (χ1n) is 7.65. The van der Waals surface area contributed by atoms with E-state index in [1.807, 2.05) is 18.2 Å². The monoisotopic (exact) mass is 334 g/mol. The summed E-state index contributed by atoms with van der Waals surface area (Å²) in [6, 6.07) is 15.2. The Bertz CT molecular complexity index is 1020. The van der Waals surface area contributed by atoms with Gasteiger partial charge in [-0.05, 0) is 31.2 Å². The van der Waals surface area contributed by atoms with E-state index in [4.69, 9.17) is 0 Å². The van der Waals surface area contributed by atoms with Gasteiger partial charge >= 0.3 is 0 Å². The van der Waals surface area contributed by atoms with Crippen LogP contribution in [0.5, 0.6) is 0 Å². The van der Waals surface area contributed by atoms with E-state index in [1.165, 1.54) is 10.7 Å². The second kappa shape index (κ2) is 7.41. The van der Waals surface area contributed by atoms with Crippen molar-refractivity contribution in [3.63, 3.8) is 0 Å². The predicted octanol–water partition coefficient (Wildman–Crippen LogP) is 4.08. The Morgan fingerprint density at radius 1 is 1.12 bits per heavy atom. The quantitative estimate of drug-likeness (QED) is 0.567. The van der Waals surface area contributed by atoms with Crippen molar-refractivity contribution in [2.75, 3.05) is 6.54 Å². The second-order valence-electron chi connectivity index (χ2n) is 5.12. The molecule has 0 spiro atoms. The molecule has 2 aromatic carbocycles. The van der Waals surface area contributed by atoms with Crippen molar-refractivity contribution < 1.29 is 4.39 Å². The fourth-order valence-electron chi connectivity index (χ4n) is 2.35. The van der Waals surface area contributed by atoms with Crippen molar-refractivity contribution in [2.24, 2.45) is 10.2 Å². The lowest BCUT2D eigenvalue weighted by atomic mass is 10.1. The summed E-state index contributed by atoms with van der Waals surface area (Å²) in [6.07, 6.45) is 0. The average Bonchev–Trinajstić information content (AvgIpc) is 2.96. The molecule has 0 fully saturated rings. The predicted molar refractivity (Wildman–Crippen MR) is 94.6 cm³/mol. The number of benzene rings is 2. The molecule has 3 aromatic rings. The van der Waals surface area contributed by atoms with Crippen molar-refractivity contribution in [3.05, 3.63) is 70.8 Å². The zero-order valence-corrected chi connectivity index (χ0v) is 13.5. The molecule has 0 amide bonds. The first-order valence-corrected chi connectivity index (χ1v) is 7.65. The lowest BCUT2D eigenvalue weighted by Crippen LogP contribution is -2.13. The molecular formula is C19H15FN4O. The summed E-state index contributed by atoms with van der Waals surface area (Å²) < 4.78 is 15.5. The summed E-state index contributed by atoms with van der Waals surface area (Å²) in [5, 5.41) is 10.8. The normalized spacial score (nSPS) is 10.6. The van der Waals surface area contributed by atoms with Gasteiger partial charge in [-0.3, -0.25) is 9.89 Å². The van der Waals surface area contributed by atoms with Crippen molar-refractivity contribution in [2.45, 2.75) is 6.92 Å². The summed E-state index contributed by atoms with van der Waals surface area (Å²) >= 11 is 0. The number of H-pyrrole nitrogens is 1. The number of nitrogens with one attached hydrogen (secondary N) is 1. The third-order valence-electron chi connectivity index (χ3n) is 3.52. The molecule has 25 heavy (non-hydrogen) atoms. The van der Waals surface area contributed by atoms with Crippen molar-refractivity contribution in [1.82, 2.24) is 9.78 Å². The van der Waals surface area contributed by atoms with Crippen LogP contribution in [0.1, 0.15) is 6.92 Å². The zero-order chi connectivity index (χ0) is 17.6. The largest absolute Gasteiger partial charge is 0.299 e. The van der Waals surface area contributed by atoms with Crippen LogP contribution in [0, 0.1) is 17.7 Å². The first kappa shape index (κ1) is 16.4. The molecule has 1 heterocycles. The number of nitrogens with zero attached hydrogens (tertiary/aromatic N) is 3. The van der Waals surface area contributed by atoms with Crippen molar-refractivity contribution in [3.8, 4) is 28.8 Å². The molecule has 0 saturated heterocycles. The average molecular weight is 334 g/mol. The number of rotatable bonds is 4. The Morgan fingerprint density at radius 3 is 2.56 bits per heavy atom. The lowest BCUT2D eigenvalue weighted by molar-refractivity contribution is 0.630. The number of aromatic nitrogens is 2. The molecule has 0 atom stereocenters. The number of hydrogen-bond acceptors (Lipinski definition) is 3. The van der Waals surface area contributed by atoms with E-state index in [1.54, 1.807) is 37.3 Å². The molecule has 0 aliphatic carbocycles. The summed E-state index contributed by atoms with van der Waals surface area (Å²) in [5.74, 6) is 4.99. The molecule has 0 saturated carbocycles. The summed E-state index contributed by atoms with van der Waals surface area (Å²) in [4.78, 5) is 12.8. The molecule has 5 nitrogen and oxygen atoms in total. The number of halogens is 1. The van der Waals surface area contributed by atoms with Gasteiger partial charge in [-0.2, -0.15) is 5.11 Å². The standard InChI is InChI=1S/C19H15FN4O/c1-2-3-13-21-22-18-17(15-11-7-8-12-16(15)20)23-24(19(18)25)14-9-5-4-6-10-14/h4-12,23H,13H2,1H3. The smallest absolute Gasteiger partial charge is 0.288 e. The van der Waals surface area contributed by atoms with E-state index >= 15 is 0 Å².